The van der Waals surface area contributed by atoms with Crippen molar-refractivity contribution in [1.29, 1.82) is 0 Å². The highest BCUT2D eigenvalue weighted by Gasteiger charge is 2.33. The molecular weight excluding hydrogens is 266 g/mol. The van der Waals surface area contributed by atoms with Crippen LogP contribution in [-0.2, 0) is 9.59 Å². The van der Waals surface area contributed by atoms with E-state index in [1.807, 2.05) is 0 Å². The molecule has 0 bridgehead atoms. The lowest BCUT2D eigenvalue weighted by Crippen LogP contribution is -2.54. The van der Waals surface area contributed by atoms with Gasteiger partial charge in [0.05, 0.1) is 6.54 Å². The fourth-order valence-corrected chi connectivity index (χ4v) is 1.90. The van der Waals surface area contributed by atoms with E-state index in [1.54, 1.807) is 6.92 Å². The molecule has 1 fully saturated rings. The Bertz CT molecular complexity index is 619. The number of benzene rings is 1. The highest BCUT2D eigenvalue weighted by Crippen LogP contribution is 2.20. The molecular formula is C14H12F2N2O2. The second-order valence-corrected chi connectivity index (χ2v) is 4.21. The SMILES string of the molecule is CC#CCN1CCN(c2ccc(F)c(F)c2)C(=O)C1=O. The van der Waals surface area contributed by atoms with Gasteiger partial charge in [0.2, 0.25) is 0 Å². The molecule has 4 nitrogen and oxygen atoms in total. The van der Waals surface area contributed by atoms with E-state index >= 15 is 0 Å². The standard InChI is InChI=1S/C14H12F2N2O2/c1-2-3-6-17-7-8-18(14(20)13(17)19)10-4-5-11(15)12(16)9-10/h4-5,9H,6-8H2,1H3. The van der Waals surface area contributed by atoms with Crippen molar-refractivity contribution in [3.05, 3.63) is 29.8 Å². The number of nitrogens with zero attached hydrogens (tertiary/aromatic N) is 2. The number of piperazine rings is 1. The van der Waals surface area contributed by atoms with Gasteiger partial charge in [0.1, 0.15) is 0 Å². The molecule has 0 saturated carbocycles. The molecule has 1 aliphatic heterocycles. The van der Waals surface area contributed by atoms with Crippen molar-refractivity contribution < 1.29 is 18.4 Å². The van der Waals surface area contributed by atoms with Gasteiger partial charge in [-0.05, 0) is 19.1 Å². The monoisotopic (exact) mass is 278 g/mol. The Kier molecular flexibility index (Phi) is 3.99. The Morgan fingerprint density at radius 2 is 1.90 bits per heavy atom. The Morgan fingerprint density at radius 3 is 2.55 bits per heavy atom. The Balaban J connectivity index is 2.19. The number of hydrogen-bond acceptors (Lipinski definition) is 2. The molecule has 0 N–H and O–H groups in total. The van der Waals surface area contributed by atoms with Crippen LogP contribution < -0.4 is 4.90 Å². The maximum atomic E-state index is 13.2. The van der Waals surface area contributed by atoms with Crippen LogP contribution in [0.25, 0.3) is 0 Å². The molecule has 2 rings (SSSR count). The third kappa shape index (κ3) is 2.62. The summed E-state index contributed by atoms with van der Waals surface area (Å²) in [6, 6.07) is 3.10. The average molecular weight is 278 g/mol. The zero-order valence-electron chi connectivity index (χ0n) is 10.8. The van der Waals surface area contributed by atoms with Crippen LogP contribution in [0.2, 0.25) is 0 Å². The predicted molar refractivity (Wildman–Crippen MR) is 68.7 cm³/mol. The highest BCUT2D eigenvalue weighted by molar-refractivity contribution is 6.41. The van der Waals surface area contributed by atoms with Crippen LogP contribution in [0, 0.1) is 23.5 Å². The predicted octanol–water partition coefficient (Wildman–Crippen LogP) is 1.16. The summed E-state index contributed by atoms with van der Waals surface area (Å²) in [6.07, 6.45) is 0. The first-order valence-electron chi connectivity index (χ1n) is 6.00. The van der Waals surface area contributed by atoms with Gasteiger partial charge in [-0.2, -0.15) is 0 Å². The van der Waals surface area contributed by atoms with E-state index in [9.17, 15) is 18.4 Å². The smallest absolute Gasteiger partial charge is 0.316 e. The van der Waals surface area contributed by atoms with Gasteiger partial charge in [0, 0.05) is 24.8 Å². The second-order valence-electron chi connectivity index (χ2n) is 4.21. The number of anilines is 1. The van der Waals surface area contributed by atoms with Crippen LogP contribution in [0.1, 0.15) is 6.92 Å². The Hall–Kier alpha value is -2.42. The maximum absolute atomic E-state index is 13.2. The molecule has 0 atom stereocenters. The summed E-state index contributed by atoms with van der Waals surface area (Å²) in [7, 11) is 0. The molecule has 1 aliphatic rings. The molecule has 0 aromatic heterocycles. The van der Waals surface area contributed by atoms with Gasteiger partial charge in [0.15, 0.2) is 11.6 Å². The zero-order chi connectivity index (χ0) is 14.7. The fraction of sp³-hybridized carbons (Fsp3) is 0.286. The van der Waals surface area contributed by atoms with E-state index in [0.29, 0.717) is 6.54 Å². The molecule has 2 amide bonds. The minimum atomic E-state index is -1.05. The van der Waals surface area contributed by atoms with E-state index in [4.69, 9.17) is 0 Å². The molecule has 0 radical (unpaired) electrons. The normalized spacial score (nSPS) is 15.2. The van der Waals surface area contributed by atoms with Gasteiger partial charge in [-0.1, -0.05) is 5.92 Å². The first-order chi connectivity index (χ1) is 9.54. The van der Waals surface area contributed by atoms with E-state index in [2.05, 4.69) is 11.8 Å². The number of carbonyl (C=O) groups excluding carboxylic acids is 2. The minimum Gasteiger partial charge on any atom is -0.321 e. The molecule has 0 spiro atoms. The first-order valence-corrected chi connectivity index (χ1v) is 6.00. The van der Waals surface area contributed by atoms with Crippen molar-refractivity contribution in [3.8, 4) is 11.8 Å². The van der Waals surface area contributed by atoms with E-state index in [-0.39, 0.29) is 18.8 Å². The van der Waals surface area contributed by atoms with Gasteiger partial charge in [0.25, 0.3) is 0 Å². The van der Waals surface area contributed by atoms with Gasteiger partial charge in [-0.3, -0.25) is 9.59 Å². The average Bonchev–Trinajstić information content (AvgIpc) is 2.44. The largest absolute Gasteiger partial charge is 0.321 e. The summed E-state index contributed by atoms with van der Waals surface area (Å²) in [5, 5.41) is 0. The van der Waals surface area contributed by atoms with Crippen LogP contribution in [-0.4, -0.2) is 36.3 Å². The topological polar surface area (TPSA) is 40.6 Å². The summed E-state index contributed by atoms with van der Waals surface area (Å²) in [6.45, 7) is 2.36. The minimum absolute atomic E-state index is 0.170. The molecule has 1 aromatic rings. The maximum Gasteiger partial charge on any atom is 0.316 e. The summed E-state index contributed by atoms with van der Waals surface area (Å²) in [5.41, 5.74) is 0.170. The molecule has 0 unspecified atom stereocenters. The fourth-order valence-electron chi connectivity index (χ4n) is 1.90. The van der Waals surface area contributed by atoms with E-state index < -0.39 is 23.4 Å². The molecule has 1 heterocycles. The third-order valence-electron chi connectivity index (χ3n) is 2.97. The third-order valence-corrected chi connectivity index (χ3v) is 2.97. The molecule has 1 aromatic carbocycles. The summed E-state index contributed by atoms with van der Waals surface area (Å²) in [5.74, 6) is 1.86. The Morgan fingerprint density at radius 1 is 1.15 bits per heavy atom. The van der Waals surface area contributed by atoms with Gasteiger partial charge < -0.3 is 9.80 Å². The lowest BCUT2D eigenvalue weighted by molar-refractivity contribution is -0.145. The van der Waals surface area contributed by atoms with Crippen molar-refractivity contribution >= 4 is 17.5 Å². The summed E-state index contributed by atoms with van der Waals surface area (Å²) in [4.78, 5) is 26.3. The van der Waals surface area contributed by atoms with E-state index in [1.165, 1.54) is 11.0 Å². The van der Waals surface area contributed by atoms with Gasteiger partial charge in [-0.15, -0.1) is 5.92 Å². The number of rotatable bonds is 2. The summed E-state index contributed by atoms with van der Waals surface area (Å²) >= 11 is 0. The first kappa shape index (κ1) is 14.0. The van der Waals surface area contributed by atoms with Crippen molar-refractivity contribution in [2.75, 3.05) is 24.5 Å². The van der Waals surface area contributed by atoms with Crippen LogP contribution in [0.5, 0.6) is 0 Å². The Labute approximate surface area is 115 Å². The lowest BCUT2D eigenvalue weighted by atomic mass is 10.2. The molecule has 104 valence electrons. The van der Waals surface area contributed by atoms with Crippen molar-refractivity contribution in [1.82, 2.24) is 4.90 Å². The van der Waals surface area contributed by atoms with Crippen molar-refractivity contribution in [3.63, 3.8) is 0 Å². The number of carbonyl (C=O) groups is 2. The second kappa shape index (κ2) is 5.70. The number of hydrogen-bond donors (Lipinski definition) is 0. The van der Waals surface area contributed by atoms with Crippen LogP contribution >= 0.6 is 0 Å². The van der Waals surface area contributed by atoms with Crippen molar-refractivity contribution in [2.24, 2.45) is 0 Å². The number of halogens is 2. The molecule has 1 saturated heterocycles. The highest BCUT2D eigenvalue weighted by atomic mass is 19.2. The van der Waals surface area contributed by atoms with Crippen LogP contribution in [0.3, 0.4) is 0 Å². The summed E-state index contributed by atoms with van der Waals surface area (Å²) < 4.78 is 26.0. The molecule has 0 aliphatic carbocycles. The van der Waals surface area contributed by atoms with Crippen molar-refractivity contribution in [2.45, 2.75) is 6.92 Å². The quantitative estimate of drug-likeness (QED) is 0.602. The lowest BCUT2D eigenvalue weighted by Gasteiger charge is -2.32. The van der Waals surface area contributed by atoms with Gasteiger partial charge >= 0.3 is 11.8 Å². The number of amides is 2. The van der Waals surface area contributed by atoms with Crippen LogP contribution in [0.15, 0.2) is 18.2 Å². The van der Waals surface area contributed by atoms with Gasteiger partial charge in [-0.25, -0.2) is 8.78 Å². The zero-order valence-corrected chi connectivity index (χ0v) is 10.8. The molecule has 6 heteroatoms. The molecule has 20 heavy (non-hydrogen) atoms. The van der Waals surface area contributed by atoms with Crippen LogP contribution in [0.4, 0.5) is 14.5 Å². The van der Waals surface area contributed by atoms with E-state index in [0.717, 1.165) is 17.0 Å².